The van der Waals surface area contributed by atoms with Crippen LogP contribution in [0.3, 0.4) is 0 Å². The Bertz CT molecular complexity index is 1210. The van der Waals surface area contributed by atoms with Crippen molar-refractivity contribution < 1.29 is 9.18 Å². The summed E-state index contributed by atoms with van der Waals surface area (Å²) in [6.07, 6.45) is 2.26. The van der Waals surface area contributed by atoms with Gasteiger partial charge in [0.25, 0.3) is 5.56 Å². The molecular weight excluding hydrogens is 403 g/mol. The second-order valence-electron chi connectivity index (χ2n) is 7.76. The molecule has 0 spiro atoms. The van der Waals surface area contributed by atoms with E-state index in [1.165, 1.54) is 30.1 Å². The molecule has 2 heterocycles. The highest BCUT2D eigenvalue weighted by atomic mass is 19.1. The minimum atomic E-state index is -0.434. The number of imidazole rings is 1. The first kappa shape index (κ1) is 22.4. The number of nitrogens with one attached hydrogen (secondary N) is 1. The molecule has 1 atom stereocenters. The molecule has 0 fully saturated rings. The van der Waals surface area contributed by atoms with Crippen molar-refractivity contribution in [3.8, 4) is 0 Å². The number of aryl methyl sites for hydroxylation is 2. The van der Waals surface area contributed by atoms with Crippen molar-refractivity contribution in [3.05, 3.63) is 62.8 Å². The van der Waals surface area contributed by atoms with Gasteiger partial charge in [-0.1, -0.05) is 12.1 Å². The van der Waals surface area contributed by atoms with Crippen LogP contribution >= 0.6 is 0 Å². The first-order chi connectivity index (χ1) is 14.7. The average Bonchev–Trinajstić information content (AvgIpc) is 3.15. The summed E-state index contributed by atoms with van der Waals surface area (Å²) in [6.45, 7) is 0.768. The molecule has 1 N–H and O–H groups in total. The first-order valence-electron chi connectivity index (χ1n) is 10.00. The SMILES string of the molecule is CN(C)C(CNC(=O)CCCn1cnc2c1c(=O)n(C)c(=O)n2C)c1cccc(F)c1. The minimum Gasteiger partial charge on any atom is -0.354 e. The summed E-state index contributed by atoms with van der Waals surface area (Å²) >= 11 is 0. The van der Waals surface area contributed by atoms with E-state index in [0.29, 0.717) is 30.7 Å². The lowest BCUT2D eigenvalue weighted by molar-refractivity contribution is -0.121. The second-order valence-corrected chi connectivity index (χ2v) is 7.76. The number of aromatic nitrogens is 4. The summed E-state index contributed by atoms with van der Waals surface area (Å²) in [5.74, 6) is -0.445. The van der Waals surface area contributed by atoms with Gasteiger partial charge in [-0.2, -0.15) is 0 Å². The molecule has 2 aromatic heterocycles. The third-order valence-corrected chi connectivity index (χ3v) is 5.37. The molecule has 10 heteroatoms. The number of carbonyl (C=O) groups excluding carboxylic acids is 1. The van der Waals surface area contributed by atoms with Crippen LogP contribution in [-0.2, 0) is 25.4 Å². The summed E-state index contributed by atoms with van der Waals surface area (Å²) in [4.78, 5) is 42.9. The van der Waals surface area contributed by atoms with E-state index in [0.717, 1.165) is 10.1 Å². The van der Waals surface area contributed by atoms with Gasteiger partial charge in [0.05, 0.1) is 12.4 Å². The molecule has 0 saturated heterocycles. The van der Waals surface area contributed by atoms with Crippen molar-refractivity contribution in [3.63, 3.8) is 0 Å². The summed E-state index contributed by atoms with van der Waals surface area (Å²) < 4.78 is 17.6. The maximum Gasteiger partial charge on any atom is 0.332 e. The highest BCUT2D eigenvalue weighted by Crippen LogP contribution is 2.18. The number of benzene rings is 1. The largest absolute Gasteiger partial charge is 0.354 e. The molecule has 1 amide bonds. The Balaban J connectivity index is 1.61. The van der Waals surface area contributed by atoms with E-state index < -0.39 is 11.2 Å². The van der Waals surface area contributed by atoms with Gasteiger partial charge in [-0.05, 0) is 38.2 Å². The predicted octanol–water partition coefficient (Wildman–Crippen LogP) is 0.772. The van der Waals surface area contributed by atoms with Crippen LogP contribution in [0.2, 0.25) is 0 Å². The van der Waals surface area contributed by atoms with Crippen LogP contribution in [-0.4, -0.2) is 50.1 Å². The fourth-order valence-electron chi connectivity index (χ4n) is 3.59. The second kappa shape index (κ2) is 9.25. The van der Waals surface area contributed by atoms with Crippen LogP contribution < -0.4 is 16.6 Å². The molecule has 0 aliphatic heterocycles. The van der Waals surface area contributed by atoms with E-state index in [1.54, 1.807) is 17.7 Å². The lowest BCUT2D eigenvalue weighted by Crippen LogP contribution is -2.37. The number of rotatable bonds is 8. The highest BCUT2D eigenvalue weighted by molar-refractivity contribution is 5.76. The Morgan fingerprint density at radius 1 is 1.23 bits per heavy atom. The molecule has 0 bridgehead atoms. The molecule has 9 nitrogen and oxygen atoms in total. The molecule has 1 aromatic carbocycles. The van der Waals surface area contributed by atoms with Gasteiger partial charge in [0.2, 0.25) is 5.91 Å². The molecule has 0 aliphatic carbocycles. The highest BCUT2D eigenvalue weighted by Gasteiger charge is 2.17. The predicted molar refractivity (Wildman–Crippen MR) is 115 cm³/mol. The van der Waals surface area contributed by atoms with Gasteiger partial charge in [-0.3, -0.25) is 18.7 Å². The van der Waals surface area contributed by atoms with Crippen molar-refractivity contribution in [1.29, 1.82) is 0 Å². The monoisotopic (exact) mass is 430 g/mol. The summed E-state index contributed by atoms with van der Waals surface area (Å²) in [5, 5.41) is 2.90. The van der Waals surface area contributed by atoms with Crippen molar-refractivity contribution in [2.24, 2.45) is 14.1 Å². The van der Waals surface area contributed by atoms with Gasteiger partial charge in [0.1, 0.15) is 5.82 Å². The fourth-order valence-corrected chi connectivity index (χ4v) is 3.59. The fraction of sp³-hybridized carbons (Fsp3) is 0.429. The smallest absolute Gasteiger partial charge is 0.332 e. The molecule has 0 radical (unpaired) electrons. The van der Waals surface area contributed by atoms with Crippen LogP contribution in [0.25, 0.3) is 11.2 Å². The van der Waals surface area contributed by atoms with Crippen LogP contribution in [0.5, 0.6) is 0 Å². The van der Waals surface area contributed by atoms with E-state index in [4.69, 9.17) is 0 Å². The lowest BCUT2D eigenvalue weighted by Gasteiger charge is -2.25. The van der Waals surface area contributed by atoms with Crippen LogP contribution in [0.4, 0.5) is 4.39 Å². The average molecular weight is 430 g/mol. The van der Waals surface area contributed by atoms with Gasteiger partial charge < -0.3 is 14.8 Å². The number of hydrogen-bond donors (Lipinski definition) is 1. The topological polar surface area (TPSA) is 94.2 Å². The van der Waals surface area contributed by atoms with Crippen molar-refractivity contribution >= 4 is 17.1 Å². The van der Waals surface area contributed by atoms with Gasteiger partial charge in [-0.15, -0.1) is 0 Å². The van der Waals surface area contributed by atoms with Crippen molar-refractivity contribution in [1.82, 2.24) is 28.9 Å². The van der Waals surface area contributed by atoms with Crippen LogP contribution in [0, 0.1) is 5.82 Å². The Hall–Kier alpha value is -3.27. The van der Waals surface area contributed by atoms with Crippen LogP contribution in [0.1, 0.15) is 24.4 Å². The normalized spacial score (nSPS) is 12.5. The zero-order valence-electron chi connectivity index (χ0n) is 18.1. The Kier molecular flexibility index (Phi) is 6.69. The van der Waals surface area contributed by atoms with Gasteiger partial charge in [0.15, 0.2) is 11.2 Å². The number of halogens is 1. The molecule has 3 rings (SSSR count). The number of hydrogen-bond acceptors (Lipinski definition) is 5. The number of nitrogens with zero attached hydrogens (tertiary/aromatic N) is 5. The van der Waals surface area contributed by atoms with Gasteiger partial charge in [0, 0.05) is 33.6 Å². The molecular formula is C21H27FN6O3. The molecule has 1 unspecified atom stereocenters. The van der Waals surface area contributed by atoms with Gasteiger partial charge in [-0.25, -0.2) is 14.2 Å². The Labute approximate surface area is 178 Å². The van der Waals surface area contributed by atoms with Crippen molar-refractivity contribution in [2.45, 2.75) is 25.4 Å². The quantitative estimate of drug-likeness (QED) is 0.570. The standard InChI is InChI=1S/C21H27FN6O3/c1-25(2)16(14-7-5-8-15(22)11-14)12-23-17(29)9-6-10-28-13-24-19-18(28)20(30)27(4)21(31)26(19)3/h5,7-8,11,13,16H,6,9-10,12H2,1-4H3,(H,23,29). The zero-order valence-corrected chi connectivity index (χ0v) is 18.1. The number of likely N-dealkylation sites (N-methyl/N-ethyl adjacent to an activating group) is 1. The number of amides is 1. The molecule has 0 saturated carbocycles. The van der Waals surface area contributed by atoms with E-state index in [9.17, 15) is 18.8 Å². The Morgan fingerprint density at radius 2 is 1.97 bits per heavy atom. The zero-order chi connectivity index (χ0) is 22.7. The third-order valence-electron chi connectivity index (χ3n) is 5.37. The first-order valence-corrected chi connectivity index (χ1v) is 10.00. The number of fused-ring (bicyclic) bond motifs is 1. The molecule has 0 aliphatic rings. The summed E-state index contributed by atoms with van der Waals surface area (Å²) in [7, 11) is 6.74. The maximum atomic E-state index is 13.5. The molecule has 31 heavy (non-hydrogen) atoms. The van der Waals surface area contributed by atoms with E-state index in [-0.39, 0.29) is 24.2 Å². The summed E-state index contributed by atoms with van der Waals surface area (Å²) in [5.41, 5.74) is 0.599. The van der Waals surface area contributed by atoms with Crippen molar-refractivity contribution in [2.75, 3.05) is 20.6 Å². The molecule has 3 aromatic rings. The Morgan fingerprint density at radius 3 is 2.65 bits per heavy atom. The van der Waals surface area contributed by atoms with Gasteiger partial charge >= 0.3 is 5.69 Å². The van der Waals surface area contributed by atoms with E-state index in [1.807, 2.05) is 25.1 Å². The third kappa shape index (κ3) is 4.74. The van der Waals surface area contributed by atoms with E-state index in [2.05, 4.69) is 10.3 Å². The maximum absolute atomic E-state index is 13.5. The van der Waals surface area contributed by atoms with Crippen LogP contribution in [0.15, 0.2) is 40.2 Å². The lowest BCUT2D eigenvalue weighted by atomic mass is 10.1. The number of carbonyl (C=O) groups is 1. The summed E-state index contributed by atoms with van der Waals surface area (Å²) in [6, 6.07) is 6.19. The minimum absolute atomic E-state index is 0.132. The van der Waals surface area contributed by atoms with E-state index >= 15 is 0 Å². The molecule has 166 valence electrons.